The molecule has 0 spiro atoms. The number of hydrogen-bond donors (Lipinski definition) is 2. The summed E-state index contributed by atoms with van der Waals surface area (Å²) in [6.07, 6.45) is 2.98. The van der Waals surface area contributed by atoms with Crippen molar-refractivity contribution in [1.82, 2.24) is 0 Å². The molecule has 100 valence electrons. The van der Waals surface area contributed by atoms with Crippen LogP contribution >= 0.6 is 0 Å². The summed E-state index contributed by atoms with van der Waals surface area (Å²) >= 11 is 0. The lowest BCUT2D eigenvalue weighted by Crippen LogP contribution is -2.20. The van der Waals surface area contributed by atoms with E-state index in [1.165, 1.54) is 12.8 Å². The highest BCUT2D eigenvalue weighted by Crippen LogP contribution is 2.11. The molecular weight excluding hydrogens is 242 g/mol. The first-order chi connectivity index (χ1) is 7.12. The van der Waals surface area contributed by atoms with Crippen LogP contribution in [0.5, 0.6) is 0 Å². The number of hydrogen-bond acceptors (Lipinski definition) is 3. The van der Waals surface area contributed by atoms with Crippen LogP contribution in [0.2, 0.25) is 25.7 Å². The summed E-state index contributed by atoms with van der Waals surface area (Å²) < 4.78 is 29.0. The van der Waals surface area contributed by atoms with E-state index < -0.39 is 18.2 Å². The molecule has 0 amide bonds. The minimum Gasteiger partial charge on any atom is -0.330 e. The summed E-state index contributed by atoms with van der Waals surface area (Å²) in [5, 5.41) is 0. The molecule has 0 heterocycles. The smallest absolute Gasteiger partial charge is 0.264 e. The summed E-state index contributed by atoms with van der Waals surface area (Å²) in [4.78, 5) is 0. The molecule has 0 saturated heterocycles. The van der Waals surface area contributed by atoms with E-state index in [0.29, 0.717) is 6.42 Å². The fourth-order valence-corrected chi connectivity index (χ4v) is 2.99. The van der Waals surface area contributed by atoms with Gasteiger partial charge in [0.25, 0.3) is 10.1 Å². The van der Waals surface area contributed by atoms with Gasteiger partial charge in [0.05, 0.1) is 5.75 Å². The molecule has 4 nitrogen and oxygen atoms in total. The molecule has 0 bridgehead atoms. The molecule has 0 fully saturated rings. The van der Waals surface area contributed by atoms with E-state index in [1.807, 2.05) is 0 Å². The predicted octanol–water partition coefficient (Wildman–Crippen LogP) is 2.35. The Kier molecular flexibility index (Phi) is 10.6. The quantitative estimate of drug-likeness (QED) is 0.573. The van der Waals surface area contributed by atoms with Gasteiger partial charge in [0.2, 0.25) is 0 Å². The summed E-state index contributed by atoms with van der Waals surface area (Å²) in [6, 6.07) is 0.951. The van der Waals surface area contributed by atoms with Crippen LogP contribution < -0.4 is 5.73 Å². The van der Waals surface area contributed by atoms with Crippen LogP contribution in [0.4, 0.5) is 0 Å². The summed E-state index contributed by atoms with van der Waals surface area (Å²) in [5.41, 5.74) is 5.14. The van der Waals surface area contributed by atoms with Gasteiger partial charge in [-0.2, -0.15) is 8.42 Å². The fourth-order valence-electron chi connectivity index (χ4n) is 0.989. The van der Waals surface area contributed by atoms with Gasteiger partial charge in [0.1, 0.15) is 0 Å². The van der Waals surface area contributed by atoms with Gasteiger partial charge in [-0.1, -0.05) is 39.0 Å². The molecule has 0 aromatic heterocycles. The monoisotopic (exact) mass is 269 g/mol. The van der Waals surface area contributed by atoms with Crippen LogP contribution in [0.3, 0.4) is 0 Å². The normalized spacial score (nSPS) is 11.9. The average Bonchev–Trinajstić information content (AvgIpc) is 2.01. The Balaban J connectivity index is 0. The van der Waals surface area contributed by atoms with Crippen molar-refractivity contribution in [3.8, 4) is 0 Å². The minimum absolute atomic E-state index is 0.0860. The van der Waals surface area contributed by atoms with Crippen molar-refractivity contribution in [3.05, 3.63) is 0 Å². The van der Waals surface area contributed by atoms with Crippen LogP contribution in [-0.2, 0) is 10.1 Å². The van der Waals surface area contributed by atoms with Gasteiger partial charge in [-0.25, -0.2) is 0 Å². The van der Waals surface area contributed by atoms with Crippen LogP contribution in [0.1, 0.15) is 26.2 Å². The number of unbranched alkanes of at least 4 members (excludes halogenated alkanes) is 1. The number of rotatable bonds is 6. The van der Waals surface area contributed by atoms with Gasteiger partial charge in [-0.15, -0.1) is 0 Å². The SMILES string of the molecule is CCCCN.C[Si](C)(C)CCCS(=O)(=O)O. The van der Waals surface area contributed by atoms with E-state index >= 15 is 0 Å². The molecule has 0 unspecified atom stereocenters. The topological polar surface area (TPSA) is 80.4 Å². The fraction of sp³-hybridized carbons (Fsp3) is 1.00. The molecule has 0 rings (SSSR count). The number of nitrogens with two attached hydrogens (primary N) is 1. The second kappa shape index (κ2) is 9.15. The zero-order valence-corrected chi connectivity index (χ0v) is 12.8. The van der Waals surface area contributed by atoms with E-state index in [-0.39, 0.29) is 5.75 Å². The lowest BCUT2D eigenvalue weighted by Gasteiger charge is -2.13. The lowest BCUT2D eigenvalue weighted by atomic mass is 10.3. The van der Waals surface area contributed by atoms with Gasteiger partial charge >= 0.3 is 0 Å². The molecule has 0 aliphatic rings. The van der Waals surface area contributed by atoms with E-state index in [9.17, 15) is 8.42 Å². The molecule has 6 heteroatoms. The highest BCUT2D eigenvalue weighted by Gasteiger charge is 2.14. The van der Waals surface area contributed by atoms with Crippen LogP contribution in [-0.4, -0.2) is 33.3 Å². The second-order valence-corrected chi connectivity index (χ2v) is 12.3. The third kappa shape index (κ3) is 23.7. The second-order valence-electron chi connectivity index (χ2n) is 5.09. The standard InChI is InChI=1S/C6H16O3SSi.C4H11N/c1-11(2,3)6-4-5-10(7,8)9;1-2-3-4-5/h4-6H2,1-3H3,(H,7,8,9);2-5H2,1H3. The Hall–Kier alpha value is 0.0869. The predicted molar refractivity (Wildman–Crippen MR) is 73.1 cm³/mol. The first-order valence-electron chi connectivity index (χ1n) is 5.77. The van der Waals surface area contributed by atoms with E-state index in [4.69, 9.17) is 10.3 Å². The van der Waals surface area contributed by atoms with Crippen molar-refractivity contribution in [3.63, 3.8) is 0 Å². The largest absolute Gasteiger partial charge is 0.330 e. The third-order valence-electron chi connectivity index (χ3n) is 1.89. The van der Waals surface area contributed by atoms with Gasteiger partial charge < -0.3 is 5.73 Å². The molecule has 0 aromatic carbocycles. The highest BCUT2D eigenvalue weighted by molar-refractivity contribution is 7.85. The molecular formula is C10H27NO3SSi. The van der Waals surface area contributed by atoms with E-state index in [0.717, 1.165) is 12.6 Å². The van der Waals surface area contributed by atoms with Crippen LogP contribution in [0, 0.1) is 0 Å². The zero-order valence-electron chi connectivity index (χ0n) is 11.0. The summed E-state index contributed by atoms with van der Waals surface area (Å²) in [7, 11) is -4.86. The molecule has 0 radical (unpaired) electrons. The Morgan fingerprint density at radius 3 is 1.88 bits per heavy atom. The van der Waals surface area contributed by atoms with Gasteiger partial charge in [0.15, 0.2) is 0 Å². The maximum absolute atomic E-state index is 10.3. The Morgan fingerprint density at radius 1 is 1.19 bits per heavy atom. The summed E-state index contributed by atoms with van der Waals surface area (Å²) in [6.45, 7) is 9.51. The van der Waals surface area contributed by atoms with Crippen LogP contribution in [0.15, 0.2) is 0 Å². The molecule has 0 aromatic rings. The molecule has 0 aliphatic heterocycles. The zero-order chi connectivity index (χ0) is 13.2. The minimum atomic E-state index is -3.72. The first kappa shape index (κ1) is 18.5. The molecule has 0 atom stereocenters. The van der Waals surface area contributed by atoms with Crippen LogP contribution in [0.25, 0.3) is 0 Å². The lowest BCUT2D eigenvalue weighted by molar-refractivity contribution is 0.482. The summed E-state index contributed by atoms with van der Waals surface area (Å²) in [5.74, 6) is -0.0860. The average molecular weight is 269 g/mol. The van der Waals surface area contributed by atoms with Gasteiger partial charge in [-0.3, -0.25) is 4.55 Å². The Bertz CT molecular complexity index is 245. The maximum Gasteiger partial charge on any atom is 0.264 e. The molecule has 0 saturated carbocycles. The maximum atomic E-state index is 10.3. The van der Waals surface area contributed by atoms with E-state index in [1.54, 1.807) is 0 Å². The highest BCUT2D eigenvalue weighted by atomic mass is 32.2. The first-order valence-corrected chi connectivity index (χ1v) is 11.1. The van der Waals surface area contributed by atoms with Crippen molar-refractivity contribution in [2.24, 2.45) is 5.73 Å². The van der Waals surface area contributed by atoms with Crippen molar-refractivity contribution in [2.45, 2.75) is 51.9 Å². The Morgan fingerprint density at radius 2 is 1.69 bits per heavy atom. The Labute approximate surface area is 101 Å². The van der Waals surface area contributed by atoms with Gasteiger partial charge in [0, 0.05) is 8.07 Å². The van der Waals surface area contributed by atoms with Crippen molar-refractivity contribution in [2.75, 3.05) is 12.3 Å². The molecule has 16 heavy (non-hydrogen) atoms. The third-order valence-corrected chi connectivity index (χ3v) is 4.54. The van der Waals surface area contributed by atoms with E-state index in [2.05, 4.69) is 26.6 Å². The molecule has 3 N–H and O–H groups in total. The van der Waals surface area contributed by atoms with Crippen molar-refractivity contribution < 1.29 is 13.0 Å². The van der Waals surface area contributed by atoms with Crippen molar-refractivity contribution in [1.29, 1.82) is 0 Å². The van der Waals surface area contributed by atoms with Crippen molar-refractivity contribution >= 4 is 18.2 Å². The van der Waals surface area contributed by atoms with Gasteiger partial charge in [-0.05, 0) is 19.4 Å². The molecule has 0 aliphatic carbocycles.